The minimum Gasteiger partial charge on any atom is -0.384 e. The van der Waals surface area contributed by atoms with Crippen LogP contribution in [-0.2, 0) is 4.79 Å². The molecule has 3 heteroatoms. The molecule has 0 aliphatic heterocycles. The van der Waals surface area contributed by atoms with Crippen molar-refractivity contribution in [1.82, 2.24) is 4.98 Å². The van der Waals surface area contributed by atoms with Gasteiger partial charge in [-0.05, 0) is 30.2 Å². The quantitative estimate of drug-likeness (QED) is 0.710. The maximum Gasteiger partial charge on any atom is 0.158 e. The van der Waals surface area contributed by atoms with Gasteiger partial charge in [0.05, 0.1) is 0 Å². The molecule has 0 spiro atoms. The first-order chi connectivity index (χ1) is 7.68. The summed E-state index contributed by atoms with van der Waals surface area (Å²) in [6.07, 6.45) is 4.97. The molecule has 0 saturated carbocycles. The number of aromatic nitrogens is 1. The first-order valence-corrected chi connectivity index (χ1v) is 5.02. The first kappa shape index (κ1) is 10.6. The molecule has 1 heterocycles. The van der Waals surface area contributed by atoms with Crippen LogP contribution in [0.2, 0.25) is 0 Å². The molecule has 1 N–H and O–H groups in total. The number of hydrogen-bond acceptors (Lipinski definition) is 3. The molecule has 1 aliphatic carbocycles. The molecule has 0 aromatic carbocycles. The minimum absolute atomic E-state index is 0.0536. The molecule has 3 nitrogen and oxygen atoms in total. The molecular weight excluding hydrogens is 202 g/mol. The lowest BCUT2D eigenvalue weighted by Gasteiger charge is -2.14. The summed E-state index contributed by atoms with van der Waals surface area (Å²) >= 11 is 0. The fraction of sp³-hybridized carbons (Fsp3) is 0.231. The van der Waals surface area contributed by atoms with Crippen molar-refractivity contribution in [2.45, 2.75) is 18.4 Å². The summed E-state index contributed by atoms with van der Waals surface area (Å²) < 4.78 is 0. The molecule has 1 aromatic heterocycles. The summed E-state index contributed by atoms with van der Waals surface area (Å²) in [4.78, 5) is 15.0. The molecule has 16 heavy (non-hydrogen) atoms. The predicted octanol–water partition coefficient (Wildman–Crippen LogP) is 1.08. The Balaban J connectivity index is 2.01. The second-order valence-corrected chi connectivity index (χ2v) is 3.77. The zero-order valence-corrected chi connectivity index (χ0v) is 8.68. The summed E-state index contributed by atoms with van der Waals surface area (Å²) in [5.74, 6) is 5.63. The molecule has 0 saturated heterocycles. The zero-order valence-electron chi connectivity index (χ0n) is 8.68. The van der Waals surface area contributed by atoms with Crippen molar-refractivity contribution < 1.29 is 9.90 Å². The van der Waals surface area contributed by atoms with E-state index in [-0.39, 0.29) is 18.6 Å². The molecule has 0 radical (unpaired) electrons. The standard InChI is InChI=1S/C13H11NO2/c15-12-6-8-13(16,10-12)7-3-5-11-4-1-2-9-14-11/h1-2,4,6,8-9,16H,7,10H2. The van der Waals surface area contributed by atoms with Crippen molar-refractivity contribution in [3.8, 4) is 11.8 Å². The maximum absolute atomic E-state index is 11.0. The van der Waals surface area contributed by atoms with E-state index in [0.717, 1.165) is 0 Å². The Bertz CT molecular complexity index is 482. The molecule has 1 aliphatic rings. The van der Waals surface area contributed by atoms with Crippen molar-refractivity contribution in [2.24, 2.45) is 0 Å². The second-order valence-electron chi connectivity index (χ2n) is 3.77. The van der Waals surface area contributed by atoms with Crippen molar-refractivity contribution in [2.75, 3.05) is 0 Å². The van der Waals surface area contributed by atoms with Gasteiger partial charge in [-0.2, -0.15) is 0 Å². The number of pyridine rings is 1. The number of allylic oxidation sites excluding steroid dienone is 1. The highest BCUT2D eigenvalue weighted by molar-refractivity contribution is 5.93. The number of rotatable bonds is 1. The molecule has 1 aromatic rings. The Labute approximate surface area is 93.8 Å². The topological polar surface area (TPSA) is 50.2 Å². The van der Waals surface area contributed by atoms with Crippen LogP contribution in [0.5, 0.6) is 0 Å². The highest BCUT2D eigenvalue weighted by atomic mass is 16.3. The summed E-state index contributed by atoms with van der Waals surface area (Å²) in [6, 6.07) is 5.47. The van der Waals surface area contributed by atoms with Crippen LogP contribution in [0.25, 0.3) is 0 Å². The number of carbonyl (C=O) groups excluding carboxylic acids is 1. The first-order valence-electron chi connectivity index (χ1n) is 5.02. The molecule has 0 bridgehead atoms. The van der Waals surface area contributed by atoms with Gasteiger partial charge in [-0.15, -0.1) is 0 Å². The molecule has 0 fully saturated rings. The maximum atomic E-state index is 11.0. The van der Waals surface area contributed by atoms with Gasteiger partial charge in [-0.25, -0.2) is 4.98 Å². The van der Waals surface area contributed by atoms with E-state index in [2.05, 4.69) is 16.8 Å². The average Bonchev–Trinajstić information content (AvgIpc) is 2.60. The predicted molar refractivity (Wildman–Crippen MR) is 59.4 cm³/mol. The molecule has 2 rings (SSSR count). The number of hydrogen-bond donors (Lipinski definition) is 1. The van der Waals surface area contributed by atoms with Crippen molar-refractivity contribution in [3.05, 3.63) is 42.2 Å². The normalized spacial score (nSPS) is 22.9. The van der Waals surface area contributed by atoms with Crippen molar-refractivity contribution >= 4 is 5.78 Å². The van der Waals surface area contributed by atoms with Gasteiger partial charge in [0.2, 0.25) is 0 Å². The van der Waals surface area contributed by atoms with Crippen molar-refractivity contribution in [3.63, 3.8) is 0 Å². The van der Waals surface area contributed by atoms with Crippen LogP contribution >= 0.6 is 0 Å². The molecule has 80 valence electrons. The van der Waals surface area contributed by atoms with Gasteiger partial charge in [0.25, 0.3) is 0 Å². The summed E-state index contributed by atoms with van der Waals surface area (Å²) in [5.41, 5.74) is -0.418. The van der Waals surface area contributed by atoms with Gasteiger partial charge in [-0.3, -0.25) is 4.79 Å². The molecule has 1 unspecified atom stereocenters. The number of nitrogens with zero attached hydrogens (tertiary/aromatic N) is 1. The smallest absolute Gasteiger partial charge is 0.158 e. The molecule has 1 atom stereocenters. The largest absolute Gasteiger partial charge is 0.384 e. The lowest BCUT2D eigenvalue weighted by Crippen LogP contribution is -2.23. The lowest BCUT2D eigenvalue weighted by atomic mass is 9.99. The Morgan fingerprint density at radius 1 is 1.50 bits per heavy atom. The molecule has 0 amide bonds. The van der Waals surface area contributed by atoms with E-state index in [0.29, 0.717) is 5.69 Å². The Morgan fingerprint density at radius 2 is 2.38 bits per heavy atom. The van der Waals surface area contributed by atoms with Gasteiger partial charge >= 0.3 is 0 Å². The second kappa shape index (κ2) is 4.30. The van der Waals surface area contributed by atoms with Crippen LogP contribution < -0.4 is 0 Å². The van der Waals surface area contributed by atoms with E-state index in [4.69, 9.17) is 0 Å². The monoisotopic (exact) mass is 213 g/mol. The number of aliphatic hydroxyl groups is 1. The summed E-state index contributed by atoms with van der Waals surface area (Å²) in [7, 11) is 0. The van der Waals surface area contributed by atoms with Crippen molar-refractivity contribution in [1.29, 1.82) is 0 Å². The third-order valence-corrected chi connectivity index (χ3v) is 2.34. The fourth-order valence-electron chi connectivity index (χ4n) is 1.51. The van der Waals surface area contributed by atoms with Gasteiger partial charge in [0.15, 0.2) is 5.78 Å². The summed E-state index contributed by atoms with van der Waals surface area (Å²) in [6.45, 7) is 0. The van der Waals surface area contributed by atoms with E-state index in [9.17, 15) is 9.90 Å². The Kier molecular flexibility index (Phi) is 2.84. The lowest BCUT2D eigenvalue weighted by molar-refractivity contribution is -0.116. The van der Waals surface area contributed by atoms with Crippen LogP contribution in [-0.4, -0.2) is 21.5 Å². The van der Waals surface area contributed by atoms with Crippen LogP contribution in [0, 0.1) is 11.8 Å². The van der Waals surface area contributed by atoms with Gasteiger partial charge in [0, 0.05) is 19.0 Å². The zero-order chi connectivity index (χ0) is 11.4. The van der Waals surface area contributed by atoms with Crippen LogP contribution in [0.1, 0.15) is 18.5 Å². The van der Waals surface area contributed by atoms with Gasteiger partial charge in [0.1, 0.15) is 11.3 Å². The summed E-state index contributed by atoms with van der Waals surface area (Å²) in [5, 5.41) is 9.91. The van der Waals surface area contributed by atoms with E-state index in [1.54, 1.807) is 12.3 Å². The van der Waals surface area contributed by atoms with Gasteiger partial charge < -0.3 is 5.11 Å². The van der Waals surface area contributed by atoms with E-state index in [1.807, 2.05) is 12.1 Å². The van der Waals surface area contributed by atoms with Crippen LogP contribution in [0.3, 0.4) is 0 Å². The van der Waals surface area contributed by atoms with Gasteiger partial charge in [-0.1, -0.05) is 12.0 Å². The highest BCUT2D eigenvalue weighted by Crippen LogP contribution is 2.22. The van der Waals surface area contributed by atoms with E-state index in [1.165, 1.54) is 12.2 Å². The van der Waals surface area contributed by atoms with Crippen LogP contribution in [0.4, 0.5) is 0 Å². The highest BCUT2D eigenvalue weighted by Gasteiger charge is 2.30. The third kappa shape index (κ3) is 2.56. The number of carbonyl (C=O) groups is 1. The van der Waals surface area contributed by atoms with E-state index < -0.39 is 5.60 Å². The minimum atomic E-state index is -1.08. The third-order valence-electron chi connectivity index (χ3n) is 2.34. The van der Waals surface area contributed by atoms with E-state index >= 15 is 0 Å². The fourth-order valence-corrected chi connectivity index (χ4v) is 1.51. The SMILES string of the molecule is O=C1C=CC(O)(CC#Cc2ccccn2)C1. The Hall–Kier alpha value is -1.92. The Morgan fingerprint density at radius 3 is 3.00 bits per heavy atom. The average molecular weight is 213 g/mol. The molecular formula is C13H11NO2. The number of ketones is 1. The van der Waals surface area contributed by atoms with Crippen LogP contribution in [0.15, 0.2) is 36.5 Å².